The van der Waals surface area contributed by atoms with E-state index in [-0.39, 0.29) is 13.0 Å². The van der Waals surface area contributed by atoms with Crippen molar-refractivity contribution in [1.29, 1.82) is 10.5 Å². The molecular formula is C8H12N4O4S. The van der Waals surface area contributed by atoms with E-state index in [1.807, 2.05) is 0 Å². The van der Waals surface area contributed by atoms with Crippen molar-refractivity contribution in [3.8, 4) is 12.1 Å². The zero-order valence-corrected chi connectivity index (χ0v) is 10.0. The van der Waals surface area contributed by atoms with Gasteiger partial charge in [0.25, 0.3) is 10.2 Å². The van der Waals surface area contributed by atoms with E-state index < -0.39 is 29.3 Å². The molecule has 17 heavy (non-hydrogen) atoms. The van der Waals surface area contributed by atoms with E-state index in [1.54, 1.807) is 12.1 Å². The largest absolute Gasteiger partial charge is 0.481 e. The summed E-state index contributed by atoms with van der Waals surface area (Å²) in [7, 11) is -2.77. The van der Waals surface area contributed by atoms with Gasteiger partial charge in [-0.25, -0.2) is 0 Å². The Hall–Kier alpha value is -1.68. The van der Waals surface area contributed by atoms with Crippen LogP contribution < -0.4 is 0 Å². The van der Waals surface area contributed by atoms with Gasteiger partial charge >= 0.3 is 5.97 Å². The first kappa shape index (κ1) is 15.3. The third kappa shape index (κ3) is 4.78. The van der Waals surface area contributed by atoms with E-state index in [2.05, 4.69) is 0 Å². The number of carboxylic acids is 1. The summed E-state index contributed by atoms with van der Waals surface area (Å²) >= 11 is 0. The van der Waals surface area contributed by atoms with Crippen LogP contribution in [0.5, 0.6) is 0 Å². The number of nitriles is 2. The Labute approximate surface area is 99.5 Å². The normalized spacial score (nSPS) is 11.1. The summed E-state index contributed by atoms with van der Waals surface area (Å²) in [6.07, 6.45) is -0.345. The molecule has 0 aromatic carbocycles. The smallest absolute Gasteiger partial charge is 0.304 e. The lowest BCUT2D eigenvalue weighted by molar-refractivity contribution is -0.137. The van der Waals surface area contributed by atoms with Gasteiger partial charge in [0.15, 0.2) is 0 Å². The van der Waals surface area contributed by atoms with Gasteiger partial charge in [-0.15, -0.1) is 0 Å². The molecule has 0 rings (SSSR count). The van der Waals surface area contributed by atoms with E-state index in [0.29, 0.717) is 4.31 Å². The third-order valence-corrected chi connectivity index (χ3v) is 3.74. The van der Waals surface area contributed by atoms with E-state index in [1.165, 1.54) is 7.05 Å². The fourth-order valence-corrected chi connectivity index (χ4v) is 2.10. The summed E-state index contributed by atoms with van der Waals surface area (Å²) in [6, 6.07) is 3.26. The van der Waals surface area contributed by atoms with E-state index in [4.69, 9.17) is 15.6 Å². The van der Waals surface area contributed by atoms with Crippen molar-refractivity contribution in [3.05, 3.63) is 0 Å². The maximum absolute atomic E-state index is 11.8. The lowest BCUT2D eigenvalue weighted by Crippen LogP contribution is -2.43. The molecule has 0 saturated carbocycles. The molecule has 0 unspecified atom stereocenters. The quantitative estimate of drug-likeness (QED) is 0.584. The average molecular weight is 260 g/mol. The monoisotopic (exact) mass is 260 g/mol. The Balaban J connectivity index is 4.78. The molecule has 0 aromatic rings. The molecule has 0 bridgehead atoms. The van der Waals surface area contributed by atoms with Crippen LogP contribution in [-0.4, -0.2) is 54.8 Å². The minimum absolute atomic E-state index is 0.217. The van der Waals surface area contributed by atoms with Crippen LogP contribution in [0.2, 0.25) is 0 Å². The maximum Gasteiger partial charge on any atom is 0.304 e. The van der Waals surface area contributed by atoms with Crippen LogP contribution in [0.1, 0.15) is 6.42 Å². The van der Waals surface area contributed by atoms with Crippen molar-refractivity contribution >= 4 is 16.2 Å². The number of hydrogen-bond acceptors (Lipinski definition) is 5. The topological polar surface area (TPSA) is 126 Å². The van der Waals surface area contributed by atoms with Gasteiger partial charge in [-0.2, -0.15) is 27.6 Å². The minimum atomic E-state index is -3.96. The van der Waals surface area contributed by atoms with Crippen LogP contribution in [0.4, 0.5) is 0 Å². The van der Waals surface area contributed by atoms with E-state index in [0.717, 1.165) is 4.31 Å². The van der Waals surface area contributed by atoms with Gasteiger partial charge in [0, 0.05) is 13.6 Å². The van der Waals surface area contributed by atoms with Gasteiger partial charge in [-0.3, -0.25) is 4.79 Å². The Morgan fingerprint density at radius 3 is 2.12 bits per heavy atom. The number of carboxylic acid groups (broad SMARTS) is 1. The summed E-state index contributed by atoms with van der Waals surface area (Å²) in [5.74, 6) is -1.13. The fraction of sp³-hybridized carbons (Fsp3) is 0.625. The predicted octanol–water partition coefficient (Wildman–Crippen LogP) is -1.01. The molecule has 0 amide bonds. The summed E-state index contributed by atoms with van der Waals surface area (Å²) in [4.78, 5) is 10.3. The molecule has 0 aromatic heterocycles. The number of aliphatic carboxylic acids is 1. The van der Waals surface area contributed by atoms with Gasteiger partial charge in [0.1, 0.15) is 13.1 Å². The Morgan fingerprint density at radius 1 is 1.29 bits per heavy atom. The van der Waals surface area contributed by atoms with Crippen LogP contribution in [0.3, 0.4) is 0 Å². The highest BCUT2D eigenvalue weighted by atomic mass is 32.2. The van der Waals surface area contributed by atoms with Crippen LogP contribution in [-0.2, 0) is 15.0 Å². The van der Waals surface area contributed by atoms with Crippen molar-refractivity contribution < 1.29 is 18.3 Å². The van der Waals surface area contributed by atoms with Gasteiger partial charge in [0.05, 0.1) is 18.6 Å². The first-order chi connectivity index (χ1) is 7.86. The molecule has 8 nitrogen and oxygen atoms in total. The van der Waals surface area contributed by atoms with E-state index >= 15 is 0 Å². The summed E-state index contributed by atoms with van der Waals surface area (Å²) < 4.78 is 25.0. The van der Waals surface area contributed by atoms with Crippen LogP contribution in [0.25, 0.3) is 0 Å². The van der Waals surface area contributed by atoms with Crippen LogP contribution >= 0.6 is 0 Å². The second-order valence-electron chi connectivity index (χ2n) is 3.06. The lowest BCUT2D eigenvalue weighted by atomic mass is 10.4. The summed E-state index contributed by atoms with van der Waals surface area (Å²) in [5.41, 5.74) is 0. The zero-order chi connectivity index (χ0) is 13.5. The highest BCUT2D eigenvalue weighted by molar-refractivity contribution is 7.86. The lowest BCUT2D eigenvalue weighted by Gasteiger charge is -2.23. The molecule has 0 atom stereocenters. The Kier molecular flexibility index (Phi) is 6.13. The molecule has 0 spiro atoms. The predicted molar refractivity (Wildman–Crippen MR) is 56.6 cm³/mol. The van der Waals surface area contributed by atoms with Gasteiger partial charge in [-0.05, 0) is 0 Å². The summed E-state index contributed by atoms with van der Waals surface area (Å²) in [6.45, 7) is -1.12. The SMILES string of the molecule is CN(CCC(=O)O)S(=O)(=O)N(CC#N)CC#N. The third-order valence-electron chi connectivity index (χ3n) is 1.85. The van der Waals surface area contributed by atoms with Crippen molar-refractivity contribution in [3.63, 3.8) is 0 Å². The standard InChI is InChI=1S/C8H12N4O4S/c1-11(5-2-8(13)14)17(15,16)12(6-3-9)7-4-10/h2,5-7H2,1H3,(H,13,14). The minimum Gasteiger partial charge on any atom is -0.481 e. The zero-order valence-electron chi connectivity index (χ0n) is 9.20. The van der Waals surface area contributed by atoms with Crippen molar-refractivity contribution in [2.75, 3.05) is 26.7 Å². The maximum atomic E-state index is 11.8. The molecule has 0 saturated heterocycles. The molecule has 1 N–H and O–H groups in total. The number of nitrogens with zero attached hydrogens (tertiary/aromatic N) is 4. The molecule has 0 heterocycles. The van der Waals surface area contributed by atoms with Gasteiger partial charge in [0.2, 0.25) is 0 Å². The molecule has 0 fully saturated rings. The van der Waals surface area contributed by atoms with Gasteiger partial charge < -0.3 is 5.11 Å². The first-order valence-electron chi connectivity index (χ1n) is 4.53. The average Bonchev–Trinajstić information content (AvgIpc) is 2.25. The Bertz CT molecular complexity index is 431. The number of carbonyl (C=O) groups is 1. The number of rotatable bonds is 7. The molecule has 0 aliphatic carbocycles. The van der Waals surface area contributed by atoms with E-state index in [9.17, 15) is 13.2 Å². The molecule has 0 aliphatic heterocycles. The highest BCUT2D eigenvalue weighted by Gasteiger charge is 2.26. The van der Waals surface area contributed by atoms with Crippen molar-refractivity contribution in [1.82, 2.24) is 8.61 Å². The second-order valence-corrected chi connectivity index (χ2v) is 5.09. The summed E-state index contributed by atoms with van der Waals surface area (Å²) in [5, 5.41) is 25.3. The Morgan fingerprint density at radius 2 is 1.76 bits per heavy atom. The molecule has 0 radical (unpaired) electrons. The van der Waals surface area contributed by atoms with Crippen LogP contribution in [0.15, 0.2) is 0 Å². The fourth-order valence-electron chi connectivity index (χ4n) is 0.942. The second kappa shape index (κ2) is 6.81. The van der Waals surface area contributed by atoms with Gasteiger partial charge in [-0.1, -0.05) is 0 Å². The van der Waals surface area contributed by atoms with Crippen molar-refractivity contribution in [2.45, 2.75) is 6.42 Å². The first-order valence-corrected chi connectivity index (χ1v) is 5.93. The molecule has 9 heteroatoms. The highest BCUT2D eigenvalue weighted by Crippen LogP contribution is 2.06. The van der Waals surface area contributed by atoms with Crippen LogP contribution in [0, 0.1) is 22.7 Å². The molecular weight excluding hydrogens is 248 g/mol. The van der Waals surface area contributed by atoms with Crippen molar-refractivity contribution in [2.24, 2.45) is 0 Å². The molecule has 94 valence electrons. The number of hydrogen-bond donors (Lipinski definition) is 1. The molecule has 0 aliphatic rings.